The SMILES string of the molecule is Cc1cnc2c(c1)c1c(n2CCc2ccc(C=O)cc2)CCN2CCCC12. The zero-order chi connectivity index (χ0) is 18.4. The number of hydrogen-bond donors (Lipinski definition) is 0. The predicted octanol–water partition coefficient (Wildman–Crippen LogP) is 4.09. The molecule has 2 aromatic heterocycles. The number of carbonyl (C=O) groups is 1. The second-order valence-electron chi connectivity index (χ2n) is 7.95. The van der Waals surface area contributed by atoms with Crippen LogP contribution in [0.3, 0.4) is 0 Å². The van der Waals surface area contributed by atoms with Crippen LogP contribution in [0.15, 0.2) is 36.5 Å². The van der Waals surface area contributed by atoms with Crippen LogP contribution in [0.5, 0.6) is 0 Å². The minimum Gasteiger partial charge on any atom is -0.329 e. The molecule has 2 aliphatic heterocycles. The molecule has 1 fully saturated rings. The molecule has 0 aliphatic carbocycles. The van der Waals surface area contributed by atoms with Gasteiger partial charge >= 0.3 is 0 Å². The predicted molar refractivity (Wildman–Crippen MR) is 107 cm³/mol. The van der Waals surface area contributed by atoms with Crippen LogP contribution in [-0.4, -0.2) is 33.8 Å². The van der Waals surface area contributed by atoms with Crippen LogP contribution in [0, 0.1) is 6.92 Å². The average molecular weight is 359 g/mol. The molecule has 0 radical (unpaired) electrons. The largest absolute Gasteiger partial charge is 0.329 e. The first-order chi connectivity index (χ1) is 13.2. The molecule has 0 saturated carbocycles. The summed E-state index contributed by atoms with van der Waals surface area (Å²) in [5.41, 5.74) is 7.42. The van der Waals surface area contributed by atoms with Gasteiger partial charge in [0.05, 0.1) is 0 Å². The molecule has 3 aromatic rings. The van der Waals surface area contributed by atoms with Crippen molar-refractivity contribution in [2.45, 2.75) is 45.2 Å². The highest BCUT2D eigenvalue weighted by molar-refractivity contribution is 5.84. The van der Waals surface area contributed by atoms with E-state index in [1.54, 1.807) is 5.56 Å². The number of rotatable bonds is 4. The van der Waals surface area contributed by atoms with Crippen LogP contribution in [0.2, 0.25) is 0 Å². The third-order valence-corrected chi connectivity index (χ3v) is 6.26. The number of aromatic nitrogens is 2. The van der Waals surface area contributed by atoms with Gasteiger partial charge in [0.2, 0.25) is 0 Å². The summed E-state index contributed by atoms with van der Waals surface area (Å²) in [6.45, 7) is 5.48. The maximum atomic E-state index is 10.9. The van der Waals surface area contributed by atoms with Gasteiger partial charge in [-0.2, -0.15) is 0 Å². The molecule has 0 N–H and O–H groups in total. The van der Waals surface area contributed by atoms with E-state index in [4.69, 9.17) is 4.98 Å². The lowest BCUT2D eigenvalue weighted by atomic mass is 9.96. The first-order valence-corrected chi connectivity index (χ1v) is 10.0. The summed E-state index contributed by atoms with van der Waals surface area (Å²) in [5, 5.41) is 1.36. The van der Waals surface area contributed by atoms with Crippen molar-refractivity contribution < 1.29 is 4.79 Å². The highest BCUT2D eigenvalue weighted by Crippen LogP contribution is 2.42. The minimum atomic E-state index is 0.577. The van der Waals surface area contributed by atoms with Crippen LogP contribution in [0.1, 0.15) is 51.6 Å². The molecular weight excluding hydrogens is 334 g/mol. The van der Waals surface area contributed by atoms with Gasteiger partial charge < -0.3 is 4.57 Å². The van der Waals surface area contributed by atoms with Crippen molar-refractivity contribution in [1.82, 2.24) is 14.5 Å². The second-order valence-corrected chi connectivity index (χ2v) is 7.95. The second kappa shape index (κ2) is 6.61. The van der Waals surface area contributed by atoms with E-state index >= 15 is 0 Å². The fourth-order valence-electron chi connectivity index (χ4n) is 4.96. The van der Waals surface area contributed by atoms with Gasteiger partial charge in [-0.05, 0) is 55.5 Å². The van der Waals surface area contributed by atoms with Crippen LogP contribution in [0.25, 0.3) is 11.0 Å². The summed E-state index contributed by atoms with van der Waals surface area (Å²) in [7, 11) is 0. The Hall–Kier alpha value is -2.46. The highest BCUT2D eigenvalue weighted by atomic mass is 16.1. The number of aldehydes is 1. The third-order valence-electron chi connectivity index (χ3n) is 6.26. The van der Waals surface area contributed by atoms with Gasteiger partial charge in [0.15, 0.2) is 0 Å². The van der Waals surface area contributed by atoms with Crippen LogP contribution in [-0.2, 0) is 19.4 Å². The Kier molecular flexibility index (Phi) is 4.09. The third kappa shape index (κ3) is 2.79. The molecule has 1 saturated heterocycles. The number of benzene rings is 1. The summed E-state index contributed by atoms with van der Waals surface area (Å²) in [6.07, 6.45) is 7.55. The van der Waals surface area contributed by atoms with Crippen molar-refractivity contribution in [1.29, 1.82) is 0 Å². The maximum absolute atomic E-state index is 10.9. The van der Waals surface area contributed by atoms with Crippen molar-refractivity contribution in [2.24, 2.45) is 0 Å². The first kappa shape index (κ1) is 16.7. The standard InChI is InChI=1S/C23H25N3O/c1-16-13-19-22-20-3-2-10-25(20)11-9-21(22)26(23(19)24-14-16)12-8-17-4-6-18(15-27)7-5-17/h4-7,13-15,20H,2-3,8-12H2,1H3. The van der Waals surface area contributed by atoms with Crippen molar-refractivity contribution in [3.05, 3.63) is 64.5 Å². The van der Waals surface area contributed by atoms with E-state index < -0.39 is 0 Å². The summed E-state index contributed by atoms with van der Waals surface area (Å²) < 4.78 is 2.47. The van der Waals surface area contributed by atoms with E-state index in [0.29, 0.717) is 6.04 Å². The summed E-state index contributed by atoms with van der Waals surface area (Å²) >= 11 is 0. The van der Waals surface area contributed by atoms with Gasteiger partial charge in [0.1, 0.15) is 11.9 Å². The lowest BCUT2D eigenvalue weighted by Crippen LogP contribution is -2.31. The quantitative estimate of drug-likeness (QED) is 0.659. The van der Waals surface area contributed by atoms with Crippen molar-refractivity contribution in [3.8, 4) is 0 Å². The number of aryl methyl sites for hydroxylation is 3. The Bertz CT molecular complexity index is 1000. The summed E-state index contributed by atoms with van der Waals surface area (Å²) in [4.78, 5) is 18.4. The summed E-state index contributed by atoms with van der Waals surface area (Å²) in [6, 6.07) is 10.9. The normalized spacial score (nSPS) is 19.2. The van der Waals surface area contributed by atoms with Gasteiger partial charge in [0, 0.05) is 48.4 Å². The van der Waals surface area contributed by atoms with Crippen LogP contribution >= 0.6 is 0 Å². The number of fused-ring (bicyclic) bond motifs is 5. The van der Waals surface area contributed by atoms with E-state index in [1.807, 2.05) is 18.3 Å². The van der Waals surface area contributed by atoms with Gasteiger partial charge in [-0.15, -0.1) is 0 Å². The van der Waals surface area contributed by atoms with E-state index in [1.165, 1.54) is 48.1 Å². The zero-order valence-electron chi connectivity index (χ0n) is 15.8. The number of hydrogen-bond acceptors (Lipinski definition) is 3. The van der Waals surface area contributed by atoms with Crippen molar-refractivity contribution >= 4 is 17.3 Å². The number of nitrogens with zero attached hydrogens (tertiary/aromatic N) is 3. The van der Waals surface area contributed by atoms with Gasteiger partial charge in [-0.1, -0.05) is 24.3 Å². The molecule has 4 heterocycles. The molecule has 0 spiro atoms. The Morgan fingerprint density at radius 1 is 1.22 bits per heavy atom. The average Bonchev–Trinajstić information content (AvgIpc) is 3.28. The fourth-order valence-corrected chi connectivity index (χ4v) is 4.96. The lowest BCUT2D eigenvalue weighted by Gasteiger charge is -2.31. The molecule has 1 atom stereocenters. The molecule has 4 heteroatoms. The molecule has 5 rings (SSSR count). The van der Waals surface area contributed by atoms with Gasteiger partial charge in [0.25, 0.3) is 0 Å². The lowest BCUT2D eigenvalue weighted by molar-refractivity contribution is 0.112. The molecule has 1 unspecified atom stereocenters. The summed E-state index contributed by atoms with van der Waals surface area (Å²) in [5.74, 6) is 0. The monoisotopic (exact) mass is 359 g/mol. The van der Waals surface area contributed by atoms with Gasteiger partial charge in [-0.3, -0.25) is 9.69 Å². The number of pyridine rings is 1. The minimum absolute atomic E-state index is 0.577. The molecule has 0 amide bonds. The molecule has 4 nitrogen and oxygen atoms in total. The van der Waals surface area contributed by atoms with E-state index in [-0.39, 0.29) is 0 Å². The molecular formula is C23H25N3O. The Balaban J connectivity index is 1.54. The molecule has 2 aliphatic rings. The first-order valence-electron chi connectivity index (χ1n) is 10.0. The van der Waals surface area contributed by atoms with Gasteiger partial charge in [-0.25, -0.2) is 4.98 Å². The Labute approximate surface area is 159 Å². The smallest absolute Gasteiger partial charge is 0.150 e. The molecule has 27 heavy (non-hydrogen) atoms. The zero-order valence-corrected chi connectivity index (χ0v) is 15.8. The van der Waals surface area contributed by atoms with E-state index in [9.17, 15) is 4.79 Å². The maximum Gasteiger partial charge on any atom is 0.150 e. The van der Waals surface area contributed by atoms with E-state index in [0.717, 1.165) is 36.9 Å². The topological polar surface area (TPSA) is 38.1 Å². The Morgan fingerprint density at radius 2 is 2.07 bits per heavy atom. The molecule has 1 aromatic carbocycles. The molecule has 138 valence electrons. The van der Waals surface area contributed by atoms with E-state index in [2.05, 4.69) is 34.6 Å². The van der Waals surface area contributed by atoms with Crippen LogP contribution < -0.4 is 0 Å². The number of carbonyl (C=O) groups excluding carboxylic acids is 1. The fraction of sp³-hybridized carbons (Fsp3) is 0.391. The van der Waals surface area contributed by atoms with Crippen molar-refractivity contribution in [3.63, 3.8) is 0 Å². The van der Waals surface area contributed by atoms with Crippen molar-refractivity contribution in [2.75, 3.05) is 13.1 Å². The molecule has 0 bridgehead atoms. The highest BCUT2D eigenvalue weighted by Gasteiger charge is 2.35. The Morgan fingerprint density at radius 3 is 2.89 bits per heavy atom. The van der Waals surface area contributed by atoms with Crippen LogP contribution in [0.4, 0.5) is 0 Å².